The second-order valence-electron chi connectivity index (χ2n) is 5.46. The molecule has 1 saturated carbocycles. The molecule has 1 saturated heterocycles. The first-order chi connectivity index (χ1) is 8.11. The highest BCUT2D eigenvalue weighted by atomic mass is 32.2. The zero-order valence-electron chi connectivity index (χ0n) is 10.5. The van der Waals surface area contributed by atoms with E-state index in [0.29, 0.717) is 24.0 Å². The maximum atomic E-state index is 11.5. The molecule has 2 aliphatic rings. The van der Waals surface area contributed by atoms with E-state index in [1.807, 2.05) is 7.05 Å². The molecule has 0 aromatic carbocycles. The minimum atomic E-state index is -2.77. The molecule has 100 valence electrons. The smallest absolute Gasteiger partial charge is 0.150 e. The van der Waals surface area contributed by atoms with E-state index in [2.05, 4.69) is 5.32 Å². The number of sulfone groups is 1. The SMILES string of the molecule is CNCC(COCC1CC1)C1CCS(=O)(=O)C1. The van der Waals surface area contributed by atoms with Crippen LogP contribution in [0.5, 0.6) is 0 Å². The molecule has 1 aliphatic heterocycles. The van der Waals surface area contributed by atoms with Crippen LogP contribution in [0.25, 0.3) is 0 Å². The molecular weight excluding hydrogens is 238 g/mol. The summed E-state index contributed by atoms with van der Waals surface area (Å²) in [5, 5.41) is 3.15. The molecule has 0 spiro atoms. The van der Waals surface area contributed by atoms with Crippen molar-refractivity contribution in [3.8, 4) is 0 Å². The van der Waals surface area contributed by atoms with Crippen molar-refractivity contribution in [1.82, 2.24) is 5.32 Å². The van der Waals surface area contributed by atoms with Gasteiger partial charge in [0.1, 0.15) is 0 Å². The van der Waals surface area contributed by atoms with E-state index in [9.17, 15) is 8.42 Å². The van der Waals surface area contributed by atoms with Gasteiger partial charge in [-0.3, -0.25) is 0 Å². The van der Waals surface area contributed by atoms with Crippen molar-refractivity contribution in [1.29, 1.82) is 0 Å². The van der Waals surface area contributed by atoms with Crippen LogP contribution in [0.2, 0.25) is 0 Å². The van der Waals surface area contributed by atoms with Gasteiger partial charge in [0, 0.05) is 13.2 Å². The fraction of sp³-hybridized carbons (Fsp3) is 1.00. The second kappa shape index (κ2) is 5.67. The standard InChI is InChI=1S/C12H23NO3S/c1-13-6-12(8-16-7-10-2-3-10)11-4-5-17(14,15)9-11/h10-13H,2-9H2,1H3. The summed E-state index contributed by atoms with van der Waals surface area (Å²) in [6.07, 6.45) is 3.41. The summed E-state index contributed by atoms with van der Waals surface area (Å²) >= 11 is 0. The van der Waals surface area contributed by atoms with Gasteiger partial charge in [0.25, 0.3) is 0 Å². The van der Waals surface area contributed by atoms with Crippen LogP contribution in [0.1, 0.15) is 19.3 Å². The van der Waals surface area contributed by atoms with Crippen LogP contribution < -0.4 is 5.32 Å². The Hall–Kier alpha value is -0.130. The van der Waals surface area contributed by atoms with Gasteiger partial charge >= 0.3 is 0 Å². The first-order valence-electron chi connectivity index (χ1n) is 6.53. The van der Waals surface area contributed by atoms with Crippen LogP contribution >= 0.6 is 0 Å². The number of hydrogen-bond donors (Lipinski definition) is 1. The maximum absolute atomic E-state index is 11.5. The Labute approximate surface area is 104 Å². The van der Waals surface area contributed by atoms with Gasteiger partial charge in [-0.2, -0.15) is 0 Å². The topological polar surface area (TPSA) is 55.4 Å². The van der Waals surface area contributed by atoms with Gasteiger partial charge in [0.2, 0.25) is 0 Å². The number of rotatable bonds is 7. The molecule has 2 fully saturated rings. The normalized spacial score (nSPS) is 29.4. The van der Waals surface area contributed by atoms with E-state index in [0.717, 1.165) is 25.5 Å². The molecule has 5 heteroatoms. The quantitative estimate of drug-likeness (QED) is 0.732. The fourth-order valence-electron chi connectivity index (χ4n) is 2.49. The van der Waals surface area contributed by atoms with Crippen LogP contribution in [0.4, 0.5) is 0 Å². The highest BCUT2D eigenvalue weighted by Crippen LogP contribution is 2.30. The third-order valence-electron chi connectivity index (χ3n) is 3.78. The largest absolute Gasteiger partial charge is 0.381 e. The maximum Gasteiger partial charge on any atom is 0.150 e. The van der Waals surface area contributed by atoms with E-state index < -0.39 is 9.84 Å². The van der Waals surface area contributed by atoms with Gasteiger partial charge in [0.05, 0.1) is 18.1 Å². The minimum absolute atomic E-state index is 0.284. The summed E-state index contributed by atoms with van der Waals surface area (Å²) in [7, 11) is -0.857. The Bertz CT molecular complexity index is 338. The van der Waals surface area contributed by atoms with Crippen LogP contribution in [-0.2, 0) is 14.6 Å². The summed E-state index contributed by atoms with van der Waals surface area (Å²) in [5.41, 5.74) is 0. The summed E-state index contributed by atoms with van der Waals surface area (Å²) in [6, 6.07) is 0. The average Bonchev–Trinajstić information content (AvgIpc) is 3.01. The molecule has 2 unspecified atom stereocenters. The van der Waals surface area contributed by atoms with Gasteiger partial charge in [-0.05, 0) is 44.1 Å². The van der Waals surface area contributed by atoms with Gasteiger partial charge in [0.15, 0.2) is 9.84 Å². The highest BCUT2D eigenvalue weighted by Gasteiger charge is 2.33. The van der Waals surface area contributed by atoms with Crippen LogP contribution in [0.3, 0.4) is 0 Å². The lowest BCUT2D eigenvalue weighted by atomic mass is 9.92. The van der Waals surface area contributed by atoms with E-state index in [1.54, 1.807) is 0 Å². The molecule has 1 aliphatic carbocycles. The van der Waals surface area contributed by atoms with Crippen molar-refractivity contribution in [2.75, 3.05) is 38.3 Å². The monoisotopic (exact) mass is 261 g/mol. The van der Waals surface area contributed by atoms with E-state index in [4.69, 9.17) is 4.74 Å². The molecule has 2 atom stereocenters. The van der Waals surface area contributed by atoms with Gasteiger partial charge < -0.3 is 10.1 Å². The lowest BCUT2D eigenvalue weighted by molar-refractivity contribution is 0.0744. The second-order valence-corrected chi connectivity index (χ2v) is 7.69. The van der Waals surface area contributed by atoms with Crippen molar-refractivity contribution < 1.29 is 13.2 Å². The van der Waals surface area contributed by atoms with Crippen molar-refractivity contribution >= 4 is 9.84 Å². The first-order valence-corrected chi connectivity index (χ1v) is 8.35. The molecule has 0 aromatic rings. The third kappa shape index (κ3) is 4.23. The minimum Gasteiger partial charge on any atom is -0.381 e. The van der Waals surface area contributed by atoms with E-state index in [1.165, 1.54) is 12.8 Å². The lowest BCUT2D eigenvalue weighted by Gasteiger charge is -2.22. The Morgan fingerprint density at radius 1 is 1.35 bits per heavy atom. The van der Waals surface area contributed by atoms with Crippen LogP contribution in [-0.4, -0.2) is 46.7 Å². The van der Waals surface area contributed by atoms with Crippen molar-refractivity contribution in [2.45, 2.75) is 19.3 Å². The number of hydrogen-bond acceptors (Lipinski definition) is 4. The van der Waals surface area contributed by atoms with Gasteiger partial charge in [-0.1, -0.05) is 0 Å². The van der Waals surface area contributed by atoms with Crippen LogP contribution in [0, 0.1) is 17.8 Å². The Balaban J connectivity index is 1.78. The summed E-state index contributed by atoms with van der Waals surface area (Å²) in [6.45, 7) is 2.42. The Morgan fingerprint density at radius 2 is 2.12 bits per heavy atom. The summed E-state index contributed by atoms with van der Waals surface area (Å²) in [4.78, 5) is 0. The molecule has 0 amide bonds. The molecule has 4 nitrogen and oxygen atoms in total. The van der Waals surface area contributed by atoms with Crippen molar-refractivity contribution in [3.63, 3.8) is 0 Å². The van der Waals surface area contributed by atoms with Gasteiger partial charge in [-0.25, -0.2) is 8.42 Å². The molecule has 1 heterocycles. The van der Waals surface area contributed by atoms with Crippen LogP contribution in [0.15, 0.2) is 0 Å². The molecule has 0 bridgehead atoms. The average molecular weight is 261 g/mol. The fourth-order valence-corrected chi connectivity index (χ4v) is 4.41. The Morgan fingerprint density at radius 3 is 2.65 bits per heavy atom. The molecule has 2 rings (SSSR count). The van der Waals surface area contributed by atoms with Gasteiger partial charge in [-0.15, -0.1) is 0 Å². The number of ether oxygens (including phenoxy) is 1. The van der Waals surface area contributed by atoms with E-state index in [-0.39, 0.29) is 5.92 Å². The summed E-state index contributed by atoms with van der Waals surface area (Å²) in [5.74, 6) is 2.12. The third-order valence-corrected chi connectivity index (χ3v) is 5.58. The molecule has 0 aromatic heterocycles. The predicted molar refractivity (Wildman–Crippen MR) is 67.7 cm³/mol. The van der Waals surface area contributed by atoms with Crippen molar-refractivity contribution in [3.05, 3.63) is 0 Å². The zero-order valence-corrected chi connectivity index (χ0v) is 11.3. The molecular formula is C12H23NO3S. The first kappa shape index (κ1) is 13.3. The number of nitrogens with one attached hydrogen (secondary N) is 1. The zero-order chi connectivity index (χ0) is 12.3. The molecule has 1 N–H and O–H groups in total. The predicted octanol–water partition coefficient (Wildman–Crippen LogP) is 0.683. The highest BCUT2D eigenvalue weighted by molar-refractivity contribution is 7.91. The Kier molecular flexibility index (Phi) is 4.44. The van der Waals surface area contributed by atoms with Crippen molar-refractivity contribution in [2.24, 2.45) is 17.8 Å². The molecule has 0 radical (unpaired) electrons. The molecule has 17 heavy (non-hydrogen) atoms. The lowest BCUT2D eigenvalue weighted by Crippen LogP contribution is -2.31. The van der Waals surface area contributed by atoms with E-state index >= 15 is 0 Å². The summed E-state index contributed by atoms with van der Waals surface area (Å²) < 4.78 is 28.7.